The molecule has 31 heavy (non-hydrogen) atoms. The second kappa shape index (κ2) is 9.32. The number of ether oxygens (including phenoxy) is 1. The summed E-state index contributed by atoms with van der Waals surface area (Å²) in [5.41, 5.74) is 2.05. The molecule has 0 aliphatic carbocycles. The number of hydrogen-bond acceptors (Lipinski definition) is 7. The molecule has 0 radical (unpaired) electrons. The van der Waals surface area contributed by atoms with Crippen LogP contribution in [0.1, 0.15) is 16.3 Å². The average Bonchev–Trinajstić information content (AvgIpc) is 3.07. The summed E-state index contributed by atoms with van der Waals surface area (Å²) in [7, 11) is 1.66. The average molecular weight is 459 g/mol. The number of rotatable bonds is 6. The number of benzene rings is 1. The molecule has 1 aliphatic heterocycles. The lowest BCUT2D eigenvalue weighted by atomic mass is 10.2. The highest BCUT2D eigenvalue weighted by Gasteiger charge is 2.21. The molecule has 9 heteroatoms. The van der Waals surface area contributed by atoms with Crippen molar-refractivity contribution in [3.05, 3.63) is 50.9 Å². The lowest BCUT2D eigenvalue weighted by Gasteiger charge is -2.36. The minimum absolute atomic E-state index is 0.0940. The molecule has 1 N–H and O–H groups in total. The number of methoxy groups -OCH3 is 1. The first-order valence-electron chi connectivity index (χ1n) is 10.2. The van der Waals surface area contributed by atoms with Gasteiger partial charge < -0.3 is 19.5 Å². The monoisotopic (exact) mass is 458 g/mol. The topological polar surface area (TPSA) is 78.5 Å². The van der Waals surface area contributed by atoms with Gasteiger partial charge in [0.2, 0.25) is 5.91 Å². The number of piperazine rings is 1. The molecule has 1 aliphatic rings. The number of thioether (sulfide) groups is 1. The molecule has 3 heterocycles. The number of hydrogen-bond donors (Lipinski definition) is 1. The van der Waals surface area contributed by atoms with E-state index in [9.17, 15) is 9.59 Å². The fourth-order valence-electron chi connectivity index (χ4n) is 3.70. The Morgan fingerprint density at radius 1 is 1.19 bits per heavy atom. The molecule has 0 unspecified atom stereocenters. The van der Waals surface area contributed by atoms with Crippen LogP contribution < -0.4 is 15.2 Å². The van der Waals surface area contributed by atoms with Crippen molar-refractivity contribution in [1.29, 1.82) is 0 Å². The molecule has 0 atom stereocenters. The molecular weight excluding hydrogens is 432 g/mol. The van der Waals surface area contributed by atoms with Gasteiger partial charge in [-0.3, -0.25) is 9.59 Å². The van der Waals surface area contributed by atoms with E-state index in [0.29, 0.717) is 35.8 Å². The SMILES string of the molecule is COc1ccc(N2CCN(C(=O)CSCc3nc4sc(C)c(C)c4c(=O)[nH]3)CC2)cc1. The summed E-state index contributed by atoms with van der Waals surface area (Å²) in [6, 6.07) is 8.01. The number of anilines is 1. The molecule has 1 fully saturated rings. The molecule has 1 amide bonds. The quantitative estimate of drug-likeness (QED) is 0.611. The van der Waals surface area contributed by atoms with E-state index >= 15 is 0 Å². The highest BCUT2D eigenvalue weighted by Crippen LogP contribution is 2.26. The minimum Gasteiger partial charge on any atom is -0.497 e. The van der Waals surface area contributed by atoms with Gasteiger partial charge in [-0.15, -0.1) is 23.1 Å². The van der Waals surface area contributed by atoms with E-state index in [1.54, 1.807) is 18.4 Å². The van der Waals surface area contributed by atoms with Crippen LogP contribution in [0.3, 0.4) is 0 Å². The molecule has 2 aromatic heterocycles. The molecule has 0 spiro atoms. The van der Waals surface area contributed by atoms with Crippen molar-refractivity contribution < 1.29 is 9.53 Å². The molecule has 164 valence electrons. The third-order valence-electron chi connectivity index (χ3n) is 5.62. The summed E-state index contributed by atoms with van der Waals surface area (Å²) in [4.78, 5) is 38.5. The van der Waals surface area contributed by atoms with E-state index in [4.69, 9.17) is 4.74 Å². The van der Waals surface area contributed by atoms with Crippen molar-refractivity contribution in [3.8, 4) is 5.75 Å². The Bertz CT molecular complexity index is 1130. The Kier molecular flexibility index (Phi) is 6.52. The first-order chi connectivity index (χ1) is 15.0. The number of amides is 1. The minimum atomic E-state index is -0.0940. The van der Waals surface area contributed by atoms with Gasteiger partial charge in [0.05, 0.1) is 24.0 Å². The van der Waals surface area contributed by atoms with Gasteiger partial charge in [-0.1, -0.05) is 0 Å². The molecule has 3 aromatic rings. The Hall–Kier alpha value is -2.52. The van der Waals surface area contributed by atoms with Gasteiger partial charge in [-0.25, -0.2) is 4.98 Å². The number of nitrogens with zero attached hydrogens (tertiary/aromatic N) is 3. The summed E-state index contributed by atoms with van der Waals surface area (Å²) in [6.45, 7) is 6.99. The summed E-state index contributed by atoms with van der Waals surface area (Å²) >= 11 is 3.03. The predicted molar refractivity (Wildman–Crippen MR) is 128 cm³/mol. The Morgan fingerprint density at radius 3 is 2.58 bits per heavy atom. The number of aromatic amines is 1. The van der Waals surface area contributed by atoms with E-state index in [1.807, 2.05) is 43.0 Å². The molecule has 7 nitrogen and oxygen atoms in total. The molecule has 1 aromatic carbocycles. The number of aromatic nitrogens is 2. The predicted octanol–water partition coefficient (Wildman–Crippen LogP) is 3.19. The number of H-pyrrole nitrogens is 1. The number of carbonyl (C=O) groups is 1. The molecule has 0 bridgehead atoms. The lowest BCUT2D eigenvalue weighted by Crippen LogP contribution is -2.49. The van der Waals surface area contributed by atoms with Crippen LogP contribution in [0.5, 0.6) is 5.75 Å². The Balaban J connectivity index is 1.28. The number of fused-ring (bicyclic) bond motifs is 1. The Labute approximate surface area is 189 Å². The van der Waals surface area contributed by atoms with Crippen molar-refractivity contribution in [2.75, 3.05) is 43.9 Å². The van der Waals surface area contributed by atoms with Crippen LogP contribution in [0, 0.1) is 13.8 Å². The molecule has 4 rings (SSSR count). The zero-order chi connectivity index (χ0) is 22.0. The zero-order valence-corrected chi connectivity index (χ0v) is 19.6. The largest absolute Gasteiger partial charge is 0.497 e. The van der Waals surface area contributed by atoms with Gasteiger partial charge in [-0.2, -0.15) is 0 Å². The van der Waals surface area contributed by atoms with Gasteiger partial charge in [0.25, 0.3) is 5.56 Å². The molecule has 1 saturated heterocycles. The van der Waals surface area contributed by atoms with E-state index in [-0.39, 0.29) is 11.5 Å². The maximum absolute atomic E-state index is 12.6. The van der Waals surface area contributed by atoms with Crippen LogP contribution in [0.15, 0.2) is 29.1 Å². The second-order valence-electron chi connectivity index (χ2n) is 7.53. The van der Waals surface area contributed by atoms with Crippen molar-refractivity contribution in [2.24, 2.45) is 0 Å². The Morgan fingerprint density at radius 2 is 1.90 bits per heavy atom. The standard InChI is InChI=1S/C22H26N4O3S2/c1-14-15(2)31-22-20(14)21(28)23-18(24-22)12-30-13-19(27)26-10-8-25(9-11-26)16-4-6-17(29-3)7-5-16/h4-7H,8-13H2,1-3H3,(H,23,24,28). The third kappa shape index (κ3) is 4.72. The maximum Gasteiger partial charge on any atom is 0.259 e. The highest BCUT2D eigenvalue weighted by atomic mass is 32.2. The van der Waals surface area contributed by atoms with Gasteiger partial charge in [0, 0.05) is 36.7 Å². The summed E-state index contributed by atoms with van der Waals surface area (Å²) in [5.74, 6) is 2.49. The van der Waals surface area contributed by atoms with Crippen molar-refractivity contribution in [1.82, 2.24) is 14.9 Å². The van der Waals surface area contributed by atoms with E-state index in [2.05, 4.69) is 14.9 Å². The number of aryl methyl sites for hydroxylation is 2. The van der Waals surface area contributed by atoms with Gasteiger partial charge in [0.15, 0.2) is 0 Å². The summed E-state index contributed by atoms with van der Waals surface area (Å²) < 4.78 is 5.21. The number of nitrogens with one attached hydrogen (secondary N) is 1. The van der Waals surface area contributed by atoms with Crippen LogP contribution in [0.25, 0.3) is 10.2 Å². The fraction of sp³-hybridized carbons (Fsp3) is 0.409. The zero-order valence-electron chi connectivity index (χ0n) is 17.9. The molecule has 0 saturated carbocycles. The smallest absolute Gasteiger partial charge is 0.259 e. The third-order valence-corrected chi connectivity index (χ3v) is 7.65. The van der Waals surface area contributed by atoms with Crippen LogP contribution in [0.4, 0.5) is 5.69 Å². The second-order valence-corrected chi connectivity index (χ2v) is 9.72. The first-order valence-corrected chi connectivity index (χ1v) is 12.2. The van der Waals surface area contributed by atoms with Crippen LogP contribution in [0.2, 0.25) is 0 Å². The fourth-order valence-corrected chi connectivity index (χ4v) is 5.54. The summed E-state index contributed by atoms with van der Waals surface area (Å²) in [5, 5.41) is 0.682. The number of thiophene rings is 1. The van der Waals surface area contributed by atoms with E-state index < -0.39 is 0 Å². The number of carbonyl (C=O) groups excluding carboxylic acids is 1. The van der Waals surface area contributed by atoms with Crippen molar-refractivity contribution >= 4 is 44.9 Å². The van der Waals surface area contributed by atoms with E-state index in [1.165, 1.54) is 11.8 Å². The van der Waals surface area contributed by atoms with Gasteiger partial charge in [-0.05, 0) is 43.7 Å². The van der Waals surface area contributed by atoms with E-state index in [0.717, 1.165) is 39.8 Å². The van der Waals surface area contributed by atoms with Crippen LogP contribution >= 0.6 is 23.1 Å². The van der Waals surface area contributed by atoms with Crippen LogP contribution in [-0.2, 0) is 10.5 Å². The lowest BCUT2D eigenvalue weighted by molar-refractivity contribution is -0.128. The van der Waals surface area contributed by atoms with Crippen molar-refractivity contribution in [2.45, 2.75) is 19.6 Å². The maximum atomic E-state index is 12.6. The first kappa shape index (κ1) is 21.7. The molecular formula is C22H26N4O3S2. The highest BCUT2D eigenvalue weighted by molar-refractivity contribution is 7.99. The normalized spacial score (nSPS) is 14.3. The van der Waals surface area contributed by atoms with Gasteiger partial charge in [0.1, 0.15) is 16.4 Å². The van der Waals surface area contributed by atoms with Crippen LogP contribution in [-0.4, -0.2) is 59.8 Å². The van der Waals surface area contributed by atoms with Gasteiger partial charge >= 0.3 is 0 Å². The van der Waals surface area contributed by atoms with Crippen molar-refractivity contribution in [3.63, 3.8) is 0 Å². The summed E-state index contributed by atoms with van der Waals surface area (Å²) in [6.07, 6.45) is 0.